The van der Waals surface area contributed by atoms with E-state index < -0.39 is 17.6 Å². The highest BCUT2D eigenvalue weighted by Gasteiger charge is 2.30. The van der Waals surface area contributed by atoms with Crippen molar-refractivity contribution in [2.24, 2.45) is 0 Å². The molecule has 2 N–H and O–H groups in total. The van der Waals surface area contributed by atoms with Gasteiger partial charge in [0.05, 0.1) is 11.3 Å². The van der Waals surface area contributed by atoms with Gasteiger partial charge in [0.2, 0.25) is 5.91 Å². The van der Waals surface area contributed by atoms with Gasteiger partial charge in [0, 0.05) is 12.5 Å². The van der Waals surface area contributed by atoms with Crippen LogP contribution in [0, 0.1) is 5.82 Å². The summed E-state index contributed by atoms with van der Waals surface area (Å²) in [6.45, 7) is 2.75. The molecule has 1 aliphatic carbocycles. The predicted molar refractivity (Wildman–Crippen MR) is 90.4 cm³/mol. The zero-order chi connectivity index (χ0) is 17.8. The van der Waals surface area contributed by atoms with E-state index in [9.17, 15) is 14.0 Å². The number of hydrogen-bond donors (Lipinski definition) is 2. The number of halogens is 1. The van der Waals surface area contributed by atoms with Crippen molar-refractivity contribution >= 4 is 23.6 Å². The number of hydrazine groups is 1. The van der Waals surface area contributed by atoms with Gasteiger partial charge in [-0.1, -0.05) is 23.9 Å². The van der Waals surface area contributed by atoms with Gasteiger partial charge in [-0.3, -0.25) is 20.4 Å². The molecule has 1 fully saturated rings. The third kappa shape index (κ3) is 4.16. The summed E-state index contributed by atoms with van der Waals surface area (Å²) < 4.78 is 15.5. The fraction of sp³-hybridized carbons (Fsp3) is 0.375. The third-order valence-corrected chi connectivity index (χ3v) is 4.74. The van der Waals surface area contributed by atoms with Crippen molar-refractivity contribution in [3.63, 3.8) is 0 Å². The highest BCUT2D eigenvalue weighted by atomic mass is 32.2. The van der Waals surface area contributed by atoms with Crippen LogP contribution in [0.25, 0.3) is 0 Å². The second kappa shape index (κ2) is 7.64. The van der Waals surface area contributed by atoms with Gasteiger partial charge in [0.15, 0.2) is 5.16 Å². The number of aromatic nitrogens is 3. The van der Waals surface area contributed by atoms with Crippen LogP contribution in [0.15, 0.2) is 29.4 Å². The van der Waals surface area contributed by atoms with Crippen LogP contribution in [0.5, 0.6) is 0 Å². The van der Waals surface area contributed by atoms with Gasteiger partial charge in [-0.25, -0.2) is 4.39 Å². The van der Waals surface area contributed by atoms with Crippen LogP contribution in [0.4, 0.5) is 4.39 Å². The van der Waals surface area contributed by atoms with E-state index >= 15 is 0 Å². The normalized spacial score (nSPS) is 13.5. The maximum atomic E-state index is 13.5. The second-order valence-corrected chi connectivity index (χ2v) is 6.57. The lowest BCUT2D eigenvalue weighted by molar-refractivity contribution is -0.119. The molecule has 0 aliphatic heterocycles. The molecule has 1 heterocycles. The zero-order valence-electron chi connectivity index (χ0n) is 13.7. The molecule has 132 valence electrons. The molecule has 0 atom stereocenters. The van der Waals surface area contributed by atoms with E-state index in [1.807, 2.05) is 11.5 Å². The molecular weight excluding hydrogens is 345 g/mol. The molecule has 1 saturated carbocycles. The van der Waals surface area contributed by atoms with Crippen molar-refractivity contribution < 1.29 is 14.0 Å². The van der Waals surface area contributed by atoms with Crippen molar-refractivity contribution in [3.05, 3.63) is 41.5 Å². The number of hydrogen-bond acceptors (Lipinski definition) is 5. The summed E-state index contributed by atoms with van der Waals surface area (Å²) in [5, 5.41) is 9.01. The number of carbonyl (C=O) groups is 2. The number of nitrogens with zero attached hydrogens (tertiary/aromatic N) is 3. The van der Waals surface area contributed by atoms with Crippen molar-refractivity contribution in [1.82, 2.24) is 25.6 Å². The molecule has 0 unspecified atom stereocenters. The summed E-state index contributed by atoms with van der Waals surface area (Å²) in [6.07, 6.45) is 2.26. The quantitative estimate of drug-likeness (QED) is 0.604. The Kier molecular flexibility index (Phi) is 5.32. The van der Waals surface area contributed by atoms with Gasteiger partial charge in [-0.2, -0.15) is 0 Å². The summed E-state index contributed by atoms with van der Waals surface area (Å²) in [7, 11) is 0. The molecule has 0 saturated heterocycles. The number of thioether (sulfide) groups is 1. The summed E-state index contributed by atoms with van der Waals surface area (Å²) in [6, 6.07) is 5.56. The molecular formula is C16H18FN5O2S. The van der Waals surface area contributed by atoms with Crippen LogP contribution < -0.4 is 10.9 Å². The number of benzene rings is 1. The standard InChI is InChI=1S/C16H18FN5O2S/c1-2-22-14(10-7-8-10)19-21-16(22)25-9-13(23)18-20-15(24)11-5-3-4-6-12(11)17/h3-6,10H,2,7-9H2,1H3,(H,18,23)(H,20,24). The van der Waals surface area contributed by atoms with Crippen LogP contribution in [-0.4, -0.2) is 32.3 Å². The highest BCUT2D eigenvalue weighted by molar-refractivity contribution is 7.99. The predicted octanol–water partition coefficient (Wildman–Crippen LogP) is 1.87. The minimum atomic E-state index is -0.704. The maximum Gasteiger partial charge on any atom is 0.272 e. The monoisotopic (exact) mass is 363 g/mol. The van der Waals surface area contributed by atoms with Crippen LogP contribution in [0.2, 0.25) is 0 Å². The first kappa shape index (κ1) is 17.4. The highest BCUT2D eigenvalue weighted by Crippen LogP contribution is 2.39. The topological polar surface area (TPSA) is 88.9 Å². The Bertz CT molecular complexity index is 791. The summed E-state index contributed by atoms with van der Waals surface area (Å²) in [4.78, 5) is 23.7. The first-order valence-electron chi connectivity index (χ1n) is 7.99. The minimum Gasteiger partial charge on any atom is -0.306 e. The van der Waals surface area contributed by atoms with Crippen LogP contribution in [0.3, 0.4) is 0 Å². The molecule has 7 nitrogen and oxygen atoms in total. The van der Waals surface area contributed by atoms with E-state index in [2.05, 4.69) is 21.0 Å². The number of amides is 2. The Morgan fingerprint density at radius 3 is 2.72 bits per heavy atom. The lowest BCUT2D eigenvalue weighted by atomic mass is 10.2. The van der Waals surface area contributed by atoms with Crippen molar-refractivity contribution in [2.45, 2.75) is 37.4 Å². The first-order chi connectivity index (χ1) is 12.1. The third-order valence-electron chi connectivity index (χ3n) is 3.77. The molecule has 25 heavy (non-hydrogen) atoms. The molecule has 9 heteroatoms. The molecule has 2 aromatic rings. The second-order valence-electron chi connectivity index (χ2n) is 5.63. The van der Waals surface area contributed by atoms with Crippen LogP contribution in [0.1, 0.15) is 41.9 Å². The largest absolute Gasteiger partial charge is 0.306 e. The fourth-order valence-electron chi connectivity index (χ4n) is 2.35. The summed E-state index contributed by atoms with van der Waals surface area (Å²) in [5.74, 6) is -0.237. The van der Waals surface area contributed by atoms with E-state index in [0.29, 0.717) is 11.1 Å². The van der Waals surface area contributed by atoms with Gasteiger partial charge in [0.25, 0.3) is 5.91 Å². The van der Waals surface area contributed by atoms with E-state index in [-0.39, 0.29) is 11.3 Å². The molecule has 0 radical (unpaired) electrons. The van der Waals surface area contributed by atoms with Crippen LogP contribution >= 0.6 is 11.8 Å². The van der Waals surface area contributed by atoms with E-state index in [0.717, 1.165) is 25.2 Å². The Morgan fingerprint density at radius 2 is 2.04 bits per heavy atom. The molecule has 1 aromatic heterocycles. The van der Waals surface area contributed by atoms with E-state index in [1.54, 1.807) is 6.07 Å². The van der Waals surface area contributed by atoms with E-state index in [4.69, 9.17) is 0 Å². The zero-order valence-corrected chi connectivity index (χ0v) is 14.5. The van der Waals surface area contributed by atoms with Gasteiger partial charge >= 0.3 is 0 Å². The number of nitrogens with one attached hydrogen (secondary N) is 2. The Hall–Kier alpha value is -2.42. The van der Waals surface area contributed by atoms with Crippen molar-refractivity contribution in [3.8, 4) is 0 Å². The van der Waals surface area contributed by atoms with Gasteiger partial charge in [0.1, 0.15) is 11.6 Å². The average Bonchev–Trinajstić information content (AvgIpc) is 3.38. The van der Waals surface area contributed by atoms with Crippen molar-refractivity contribution in [1.29, 1.82) is 0 Å². The number of carbonyl (C=O) groups excluding carboxylic acids is 2. The molecule has 1 aliphatic rings. The first-order valence-corrected chi connectivity index (χ1v) is 8.98. The fourth-order valence-corrected chi connectivity index (χ4v) is 3.16. The van der Waals surface area contributed by atoms with E-state index in [1.165, 1.54) is 30.0 Å². The molecule has 0 bridgehead atoms. The van der Waals surface area contributed by atoms with Crippen molar-refractivity contribution in [2.75, 3.05) is 5.75 Å². The SMILES string of the molecule is CCn1c(SCC(=O)NNC(=O)c2ccccc2F)nnc1C1CC1. The lowest BCUT2D eigenvalue weighted by Crippen LogP contribution is -2.42. The Morgan fingerprint density at radius 1 is 1.28 bits per heavy atom. The van der Waals surface area contributed by atoms with Gasteiger partial charge < -0.3 is 4.57 Å². The molecule has 1 aromatic carbocycles. The Labute approximate surface area is 148 Å². The summed E-state index contributed by atoms with van der Waals surface area (Å²) in [5.41, 5.74) is 4.35. The Balaban J connectivity index is 1.50. The molecule has 3 rings (SSSR count). The lowest BCUT2D eigenvalue weighted by Gasteiger charge is -2.08. The summed E-state index contributed by atoms with van der Waals surface area (Å²) >= 11 is 1.25. The minimum absolute atomic E-state index is 0.0698. The average molecular weight is 363 g/mol. The molecule has 0 spiro atoms. The van der Waals surface area contributed by atoms with Gasteiger partial charge in [-0.05, 0) is 31.9 Å². The molecule has 2 amide bonds. The smallest absolute Gasteiger partial charge is 0.272 e. The number of rotatable bonds is 6. The van der Waals surface area contributed by atoms with Crippen LogP contribution in [-0.2, 0) is 11.3 Å². The van der Waals surface area contributed by atoms with Gasteiger partial charge in [-0.15, -0.1) is 10.2 Å². The maximum absolute atomic E-state index is 13.5.